The maximum absolute atomic E-state index is 13.1. The average molecular weight is 375 g/mol. The van der Waals surface area contributed by atoms with E-state index < -0.39 is 17.6 Å². The molecule has 0 atom stereocenters. The highest BCUT2D eigenvalue weighted by Gasteiger charge is 2.34. The number of hydrogen-bond acceptors (Lipinski definition) is 6. The second-order valence-corrected chi connectivity index (χ2v) is 5.63. The Morgan fingerprint density at radius 1 is 1.11 bits per heavy atom. The van der Waals surface area contributed by atoms with Crippen LogP contribution in [0.4, 0.5) is 19.0 Å². The maximum atomic E-state index is 13.1. The van der Waals surface area contributed by atoms with Crippen LogP contribution in [0, 0.1) is 0 Å². The van der Waals surface area contributed by atoms with E-state index in [1.807, 2.05) is 0 Å². The molecule has 0 aliphatic heterocycles. The van der Waals surface area contributed by atoms with Crippen LogP contribution >= 0.6 is 0 Å². The first-order chi connectivity index (χ1) is 12.9. The molecule has 2 N–H and O–H groups in total. The second kappa shape index (κ2) is 6.01. The third-order valence-electron chi connectivity index (χ3n) is 3.92. The van der Waals surface area contributed by atoms with Crippen LogP contribution in [0.2, 0.25) is 0 Å². The lowest BCUT2D eigenvalue weighted by Crippen LogP contribution is -2.10. The van der Waals surface area contributed by atoms with Crippen molar-refractivity contribution in [2.75, 3.05) is 12.8 Å². The Kier molecular flexibility index (Phi) is 3.76. The van der Waals surface area contributed by atoms with Crippen molar-refractivity contribution in [2.24, 2.45) is 0 Å². The number of alkyl halides is 3. The summed E-state index contributed by atoms with van der Waals surface area (Å²) in [7, 11) is 1.53. The fourth-order valence-corrected chi connectivity index (χ4v) is 2.60. The van der Waals surface area contributed by atoms with Crippen molar-refractivity contribution in [3.63, 3.8) is 0 Å². The van der Waals surface area contributed by atoms with Crippen LogP contribution in [-0.2, 0) is 6.18 Å². The van der Waals surface area contributed by atoms with Crippen molar-refractivity contribution in [1.29, 1.82) is 0 Å². The molecule has 7 nitrogen and oxygen atoms in total. The van der Waals surface area contributed by atoms with Crippen molar-refractivity contribution in [3.05, 3.63) is 48.3 Å². The molecule has 0 bridgehead atoms. The molecule has 4 aromatic rings. The molecule has 3 heterocycles. The number of hydrogen-bond donors (Lipinski definition) is 1. The Morgan fingerprint density at radius 2 is 1.93 bits per heavy atom. The molecule has 1 aromatic carbocycles. The number of rotatable bonds is 3. The number of nitrogens with zero attached hydrogens (tertiary/aromatic N) is 4. The fraction of sp³-hybridized carbons (Fsp3) is 0.118. The number of aromatic nitrogens is 4. The second-order valence-electron chi connectivity index (χ2n) is 5.63. The summed E-state index contributed by atoms with van der Waals surface area (Å²) in [4.78, 5) is 7.70. The smallest absolute Gasteiger partial charge is 0.419 e. The number of imidazole rings is 1. The number of methoxy groups -OCH3 is 1. The Hall–Kier alpha value is -3.56. The van der Waals surface area contributed by atoms with E-state index in [0.29, 0.717) is 17.0 Å². The Balaban J connectivity index is 1.81. The van der Waals surface area contributed by atoms with Gasteiger partial charge in [-0.25, -0.2) is 9.97 Å². The van der Waals surface area contributed by atoms with Crippen LogP contribution in [0.5, 0.6) is 5.75 Å². The van der Waals surface area contributed by atoms with Gasteiger partial charge in [-0.1, -0.05) is 6.07 Å². The summed E-state index contributed by atoms with van der Waals surface area (Å²) in [6.45, 7) is 0. The van der Waals surface area contributed by atoms with Gasteiger partial charge in [-0.3, -0.25) is 0 Å². The highest BCUT2D eigenvalue weighted by atomic mass is 19.4. The highest BCUT2D eigenvalue weighted by molar-refractivity contribution is 5.65. The minimum Gasteiger partial charge on any atom is -0.497 e. The molecule has 0 radical (unpaired) electrons. The monoisotopic (exact) mass is 375 g/mol. The van der Waals surface area contributed by atoms with Crippen LogP contribution in [0.25, 0.3) is 28.6 Å². The minimum atomic E-state index is -4.62. The van der Waals surface area contributed by atoms with Gasteiger partial charge in [0.15, 0.2) is 0 Å². The van der Waals surface area contributed by atoms with Crippen molar-refractivity contribution in [1.82, 2.24) is 19.6 Å². The third kappa shape index (κ3) is 2.94. The zero-order valence-corrected chi connectivity index (χ0v) is 13.9. The standard InChI is InChI=1S/C17H12F3N5O2/c1-26-11-4-2-3-9(5-11)15-24-25-13(8-23-16(25)27-15)10-6-12(17(18,19)20)14(21)22-7-10/h2-8H,1H3,(H2,21,22). The van der Waals surface area contributed by atoms with Gasteiger partial charge >= 0.3 is 12.0 Å². The molecule has 0 aliphatic carbocycles. The largest absolute Gasteiger partial charge is 0.497 e. The first-order valence-electron chi connectivity index (χ1n) is 7.69. The van der Waals surface area contributed by atoms with Gasteiger partial charge < -0.3 is 14.9 Å². The Bertz CT molecular complexity index is 1130. The van der Waals surface area contributed by atoms with E-state index in [9.17, 15) is 13.2 Å². The summed E-state index contributed by atoms with van der Waals surface area (Å²) in [5.74, 6) is 0.399. The van der Waals surface area contributed by atoms with Gasteiger partial charge in [0.1, 0.15) is 11.6 Å². The van der Waals surface area contributed by atoms with E-state index in [2.05, 4.69) is 15.1 Å². The van der Waals surface area contributed by atoms with Crippen LogP contribution in [0.3, 0.4) is 0 Å². The van der Waals surface area contributed by atoms with Crippen molar-refractivity contribution in [2.45, 2.75) is 6.18 Å². The number of benzene rings is 1. The minimum absolute atomic E-state index is 0.133. The van der Waals surface area contributed by atoms with Gasteiger partial charge in [0, 0.05) is 17.3 Å². The zero-order chi connectivity index (χ0) is 19.2. The van der Waals surface area contributed by atoms with E-state index in [1.165, 1.54) is 24.0 Å². The summed E-state index contributed by atoms with van der Waals surface area (Å²) in [5.41, 5.74) is 5.42. The Labute approximate surface area is 150 Å². The van der Waals surface area contributed by atoms with E-state index in [-0.39, 0.29) is 17.3 Å². The zero-order valence-electron chi connectivity index (χ0n) is 13.9. The summed E-state index contributed by atoms with van der Waals surface area (Å²) in [5, 5.41) is 4.30. The highest BCUT2D eigenvalue weighted by Crippen LogP contribution is 2.35. The Morgan fingerprint density at radius 3 is 2.67 bits per heavy atom. The number of fused-ring (bicyclic) bond motifs is 1. The molecule has 10 heteroatoms. The van der Waals surface area contributed by atoms with Crippen LogP contribution < -0.4 is 10.5 Å². The first-order valence-corrected chi connectivity index (χ1v) is 7.69. The van der Waals surface area contributed by atoms with Gasteiger partial charge in [0.05, 0.1) is 24.6 Å². The summed E-state index contributed by atoms with van der Waals surface area (Å²) < 4.78 is 51.3. The molecule has 0 saturated carbocycles. The predicted molar refractivity (Wildman–Crippen MR) is 89.9 cm³/mol. The number of nitrogen functional groups attached to an aromatic ring is 1. The number of pyridine rings is 1. The molecule has 0 aliphatic rings. The lowest BCUT2D eigenvalue weighted by molar-refractivity contribution is -0.137. The summed E-state index contributed by atoms with van der Waals surface area (Å²) in [6, 6.07) is 7.92. The van der Waals surface area contributed by atoms with Gasteiger partial charge in [-0.2, -0.15) is 17.7 Å². The molecule has 3 aromatic heterocycles. The molecule has 27 heavy (non-hydrogen) atoms. The van der Waals surface area contributed by atoms with Gasteiger partial charge in [0.25, 0.3) is 0 Å². The molecule has 0 spiro atoms. The molecule has 0 fully saturated rings. The molecular weight excluding hydrogens is 363 g/mol. The molecule has 0 unspecified atom stereocenters. The van der Waals surface area contributed by atoms with Crippen LogP contribution in [-0.4, -0.2) is 26.7 Å². The fourth-order valence-electron chi connectivity index (χ4n) is 2.60. The molecular formula is C17H12F3N5O2. The first kappa shape index (κ1) is 16.9. The number of nitrogens with two attached hydrogens (primary N) is 1. The lowest BCUT2D eigenvalue weighted by Gasteiger charge is -2.10. The van der Waals surface area contributed by atoms with Gasteiger partial charge in [-0.05, 0) is 24.3 Å². The van der Waals surface area contributed by atoms with E-state index >= 15 is 0 Å². The quantitative estimate of drug-likeness (QED) is 0.588. The maximum Gasteiger partial charge on any atom is 0.419 e. The summed E-state index contributed by atoms with van der Waals surface area (Å²) >= 11 is 0. The van der Waals surface area contributed by atoms with E-state index in [1.54, 1.807) is 24.3 Å². The topological polar surface area (TPSA) is 91.5 Å². The van der Waals surface area contributed by atoms with E-state index in [0.717, 1.165) is 6.07 Å². The summed E-state index contributed by atoms with van der Waals surface area (Å²) in [6.07, 6.45) is -2.03. The van der Waals surface area contributed by atoms with Crippen LogP contribution in [0.1, 0.15) is 5.56 Å². The SMILES string of the molecule is COc1cccc(-c2nn3c(-c4cnc(N)c(C(F)(F)F)c4)cnc3o2)c1. The average Bonchev–Trinajstić information content (AvgIpc) is 3.22. The van der Waals surface area contributed by atoms with Crippen molar-refractivity contribution in [3.8, 4) is 28.5 Å². The van der Waals surface area contributed by atoms with Crippen LogP contribution in [0.15, 0.2) is 47.1 Å². The lowest BCUT2D eigenvalue weighted by atomic mass is 10.1. The molecule has 4 rings (SSSR count). The third-order valence-corrected chi connectivity index (χ3v) is 3.92. The van der Waals surface area contributed by atoms with E-state index in [4.69, 9.17) is 14.9 Å². The number of ether oxygens (including phenoxy) is 1. The van der Waals surface area contributed by atoms with Crippen molar-refractivity contribution < 1.29 is 22.3 Å². The normalized spacial score (nSPS) is 11.9. The number of anilines is 1. The van der Waals surface area contributed by atoms with Crippen molar-refractivity contribution >= 4 is 11.7 Å². The molecule has 0 amide bonds. The molecule has 0 saturated heterocycles. The van der Waals surface area contributed by atoms with Gasteiger partial charge in [-0.15, -0.1) is 5.10 Å². The molecule has 138 valence electrons. The predicted octanol–water partition coefficient (Wildman–Crippen LogP) is 3.66. The number of halogens is 3. The van der Waals surface area contributed by atoms with Gasteiger partial charge in [0.2, 0.25) is 5.89 Å².